The molecule has 3 rings (SSSR count). The SMILES string of the molecule is CCOc1ccc2c(c1)sc(=NC(=O)c1ccc(C)c(C)c1)n2CC(=O)OC. The van der Waals surface area contributed by atoms with Crippen molar-refractivity contribution in [2.45, 2.75) is 27.3 Å². The van der Waals surface area contributed by atoms with E-state index in [4.69, 9.17) is 9.47 Å². The summed E-state index contributed by atoms with van der Waals surface area (Å²) in [5.74, 6) is -0.0273. The van der Waals surface area contributed by atoms with Crippen LogP contribution in [-0.2, 0) is 16.1 Å². The fourth-order valence-corrected chi connectivity index (χ4v) is 3.82. The largest absolute Gasteiger partial charge is 0.494 e. The summed E-state index contributed by atoms with van der Waals surface area (Å²) in [5.41, 5.74) is 3.45. The minimum atomic E-state index is -0.409. The van der Waals surface area contributed by atoms with E-state index < -0.39 is 5.97 Å². The summed E-state index contributed by atoms with van der Waals surface area (Å²) < 4.78 is 12.9. The maximum atomic E-state index is 12.7. The maximum Gasteiger partial charge on any atom is 0.325 e. The van der Waals surface area contributed by atoms with E-state index in [9.17, 15) is 9.59 Å². The van der Waals surface area contributed by atoms with Gasteiger partial charge in [0.1, 0.15) is 12.3 Å². The molecule has 0 radical (unpaired) electrons. The van der Waals surface area contributed by atoms with Crippen molar-refractivity contribution in [1.82, 2.24) is 4.57 Å². The second kappa shape index (κ2) is 8.39. The maximum absolute atomic E-state index is 12.7. The van der Waals surface area contributed by atoms with E-state index in [0.717, 1.165) is 27.1 Å². The van der Waals surface area contributed by atoms with Crippen LogP contribution < -0.4 is 9.54 Å². The average Bonchev–Trinajstić information content (AvgIpc) is 3.00. The highest BCUT2D eigenvalue weighted by atomic mass is 32.1. The Kier molecular flexibility index (Phi) is 5.94. The van der Waals surface area contributed by atoms with Crippen molar-refractivity contribution in [3.63, 3.8) is 0 Å². The van der Waals surface area contributed by atoms with Crippen molar-refractivity contribution in [3.05, 3.63) is 57.9 Å². The molecule has 0 fully saturated rings. The monoisotopic (exact) mass is 398 g/mol. The van der Waals surface area contributed by atoms with Crippen molar-refractivity contribution >= 4 is 33.4 Å². The van der Waals surface area contributed by atoms with Crippen molar-refractivity contribution in [1.29, 1.82) is 0 Å². The van der Waals surface area contributed by atoms with E-state index in [1.807, 2.05) is 51.1 Å². The summed E-state index contributed by atoms with van der Waals surface area (Å²) in [6.07, 6.45) is 0. The Balaban J connectivity index is 2.12. The lowest BCUT2D eigenvalue weighted by molar-refractivity contribution is -0.141. The Morgan fingerprint density at radius 1 is 1.11 bits per heavy atom. The van der Waals surface area contributed by atoms with Gasteiger partial charge >= 0.3 is 5.97 Å². The van der Waals surface area contributed by atoms with Gasteiger partial charge in [0.2, 0.25) is 0 Å². The molecule has 0 bridgehead atoms. The third-order valence-electron chi connectivity index (χ3n) is 4.43. The smallest absolute Gasteiger partial charge is 0.325 e. The van der Waals surface area contributed by atoms with Crippen LogP contribution in [0.25, 0.3) is 10.2 Å². The van der Waals surface area contributed by atoms with Crippen molar-refractivity contribution < 1.29 is 19.1 Å². The van der Waals surface area contributed by atoms with E-state index in [2.05, 4.69) is 4.99 Å². The number of thiazole rings is 1. The lowest BCUT2D eigenvalue weighted by atomic mass is 10.1. The van der Waals surface area contributed by atoms with Gasteiger partial charge in [0, 0.05) is 5.56 Å². The van der Waals surface area contributed by atoms with Gasteiger partial charge in [0.05, 0.1) is 23.9 Å². The number of carbonyl (C=O) groups excluding carboxylic acids is 2. The van der Waals surface area contributed by atoms with Crippen LogP contribution in [0.5, 0.6) is 5.75 Å². The van der Waals surface area contributed by atoms with Crippen molar-refractivity contribution in [2.24, 2.45) is 4.99 Å². The summed E-state index contributed by atoms with van der Waals surface area (Å²) in [6, 6.07) is 11.1. The molecule has 2 aromatic carbocycles. The molecule has 0 saturated carbocycles. The molecule has 0 aliphatic rings. The fourth-order valence-electron chi connectivity index (χ4n) is 2.77. The lowest BCUT2D eigenvalue weighted by Crippen LogP contribution is -2.22. The number of amides is 1. The normalized spacial score (nSPS) is 11.6. The predicted molar refractivity (Wildman–Crippen MR) is 109 cm³/mol. The zero-order valence-corrected chi connectivity index (χ0v) is 17.1. The number of rotatable bonds is 5. The zero-order chi connectivity index (χ0) is 20.3. The summed E-state index contributed by atoms with van der Waals surface area (Å²) in [4.78, 5) is 29.3. The molecule has 0 saturated heterocycles. The Morgan fingerprint density at radius 2 is 1.89 bits per heavy atom. The number of nitrogens with zero attached hydrogens (tertiary/aromatic N) is 2. The molecule has 1 heterocycles. The summed E-state index contributed by atoms with van der Waals surface area (Å²) in [5, 5.41) is 0. The predicted octanol–water partition coefficient (Wildman–Crippen LogP) is 3.63. The van der Waals surface area contributed by atoms with Crippen LogP contribution in [0.4, 0.5) is 0 Å². The molecule has 146 valence electrons. The molecule has 0 N–H and O–H groups in total. The second-order valence-corrected chi connectivity index (χ2v) is 7.33. The summed E-state index contributed by atoms with van der Waals surface area (Å²) >= 11 is 1.33. The topological polar surface area (TPSA) is 69.9 Å². The van der Waals surface area contributed by atoms with Gasteiger partial charge < -0.3 is 14.0 Å². The molecule has 0 aliphatic carbocycles. The number of aryl methyl sites for hydroxylation is 2. The Hall–Kier alpha value is -2.93. The minimum Gasteiger partial charge on any atom is -0.494 e. The number of methoxy groups -OCH3 is 1. The van der Waals surface area contributed by atoms with E-state index in [1.54, 1.807) is 10.6 Å². The first kappa shape index (κ1) is 19.8. The number of fused-ring (bicyclic) bond motifs is 1. The number of esters is 1. The third-order valence-corrected chi connectivity index (χ3v) is 5.47. The molecule has 28 heavy (non-hydrogen) atoms. The molecular formula is C21H22N2O4S. The van der Waals surface area contributed by atoms with Gasteiger partial charge in [-0.2, -0.15) is 4.99 Å². The lowest BCUT2D eigenvalue weighted by Gasteiger charge is -2.05. The quantitative estimate of drug-likeness (QED) is 0.616. The highest BCUT2D eigenvalue weighted by Crippen LogP contribution is 2.23. The first-order valence-corrected chi connectivity index (χ1v) is 9.74. The summed E-state index contributed by atoms with van der Waals surface area (Å²) in [6.45, 7) is 6.40. The highest BCUT2D eigenvalue weighted by molar-refractivity contribution is 7.16. The molecule has 0 unspecified atom stereocenters. The van der Waals surface area contributed by atoms with Gasteiger partial charge in [-0.15, -0.1) is 0 Å². The molecule has 1 aromatic heterocycles. The average molecular weight is 398 g/mol. The molecule has 7 heteroatoms. The van der Waals surface area contributed by atoms with E-state index in [1.165, 1.54) is 18.4 Å². The van der Waals surface area contributed by atoms with Gasteiger partial charge in [-0.25, -0.2) is 0 Å². The van der Waals surface area contributed by atoms with Crippen molar-refractivity contribution in [3.8, 4) is 5.75 Å². The first-order valence-electron chi connectivity index (χ1n) is 8.92. The number of hydrogen-bond acceptors (Lipinski definition) is 5. The highest BCUT2D eigenvalue weighted by Gasteiger charge is 2.13. The molecule has 0 spiro atoms. The Bertz CT molecular complexity index is 1110. The number of aromatic nitrogens is 1. The van der Waals surface area contributed by atoms with Gasteiger partial charge in [0.25, 0.3) is 5.91 Å². The molecule has 0 aliphatic heterocycles. The van der Waals surface area contributed by atoms with Crippen LogP contribution in [0.3, 0.4) is 0 Å². The van der Waals surface area contributed by atoms with Crippen molar-refractivity contribution in [2.75, 3.05) is 13.7 Å². The number of carbonyl (C=O) groups is 2. The van der Waals surface area contributed by atoms with Gasteiger partial charge in [-0.3, -0.25) is 9.59 Å². The Labute approximate surface area is 167 Å². The van der Waals surface area contributed by atoms with Crippen LogP contribution in [0.2, 0.25) is 0 Å². The minimum absolute atomic E-state index is 0.0243. The Morgan fingerprint density at radius 3 is 2.57 bits per heavy atom. The van der Waals surface area contributed by atoms with E-state index in [0.29, 0.717) is 17.0 Å². The van der Waals surface area contributed by atoms with Crippen LogP contribution in [0, 0.1) is 13.8 Å². The van der Waals surface area contributed by atoms with Crippen LogP contribution in [0.1, 0.15) is 28.4 Å². The van der Waals surface area contributed by atoms with Gasteiger partial charge in [-0.1, -0.05) is 17.4 Å². The molecular weight excluding hydrogens is 376 g/mol. The van der Waals surface area contributed by atoms with Gasteiger partial charge in [-0.05, 0) is 62.2 Å². The third kappa shape index (κ3) is 4.14. The van der Waals surface area contributed by atoms with Gasteiger partial charge in [0.15, 0.2) is 4.80 Å². The van der Waals surface area contributed by atoms with E-state index >= 15 is 0 Å². The summed E-state index contributed by atoms with van der Waals surface area (Å²) in [7, 11) is 1.34. The number of benzene rings is 2. The number of ether oxygens (including phenoxy) is 2. The van der Waals surface area contributed by atoms with Crippen LogP contribution >= 0.6 is 11.3 Å². The molecule has 0 atom stereocenters. The zero-order valence-electron chi connectivity index (χ0n) is 16.3. The molecule has 6 nitrogen and oxygen atoms in total. The van der Waals surface area contributed by atoms with Crippen LogP contribution in [0.15, 0.2) is 41.4 Å². The molecule has 3 aromatic rings. The first-order chi connectivity index (χ1) is 13.4. The fraction of sp³-hybridized carbons (Fsp3) is 0.286. The van der Waals surface area contributed by atoms with E-state index in [-0.39, 0.29) is 12.5 Å². The van der Waals surface area contributed by atoms with Crippen LogP contribution in [-0.4, -0.2) is 30.2 Å². The standard InChI is InChI=1S/C21H22N2O4S/c1-5-27-16-8-9-17-18(11-16)28-21(23(17)12-19(24)26-4)22-20(25)15-7-6-13(2)14(3)10-15/h6-11H,5,12H2,1-4H3. The number of hydrogen-bond donors (Lipinski definition) is 0. The second-order valence-electron chi connectivity index (χ2n) is 6.33. The molecule has 1 amide bonds.